The van der Waals surface area contributed by atoms with Crippen molar-refractivity contribution < 1.29 is 23.9 Å². The first-order chi connectivity index (χ1) is 14.0. The zero-order chi connectivity index (χ0) is 20.4. The molecule has 2 aromatic carbocycles. The molecule has 2 heterocycles. The van der Waals surface area contributed by atoms with Gasteiger partial charge in [0.25, 0.3) is 11.8 Å². The maximum absolute atomic E-state index is 12.3. The fraction of sp³-hybridized carbons (Fsp3) is 0.318. The van der Waals surface area contributed by atoms with Crippen LogP contribution in [0.1, 0.15) is 45.5 Å². The third kappa shape index (κ3) is 3.81. The molecule has 0 spiro atoms. The summed E-state index contributed by atoms with van der Waals surface area (Å²) in [5, 5.41) is 2.80. The second-order valence-electron chi connectivity index (χ2n) is 7.18. The van der Waals surface area contributed by atoms with Crippen LogP contribution in [0.15, 0.2) is 42.5 Å². The number of carbonyl (C=O) groups excluding carboxylic acids is 3. The number of imide groups is 1. The molecule has 3 amide bonds. The largest absolute Gasteiger partial charge is 0.486 e. The van der Waals surface area contributed by atoms with Crippen molar-refractivity contribution in [2.45, 2.75) is 19.3 Å². The molecule has 1 unspecified atom stereocenters. The van der Waals surface area contributed by atoms with Crippen molar-refractivity contribution in [1.82, 2.24) is 10.2 Å². The van der Waals surface area contributed by atoms with Crippen LogP contribution < -0.4 is 14.8 Å². The highest BCUT2D eigenvalue weighted by Gasteiger charge is 2.36. The number of rotatable bonds is 6. The highest BCUT2D eigenvalue weighted by Crippen LogP contribution is 2.33. The van der Waals surface area contributed by atoms with Gasteiger partial charge in [0.05, 0.1) is 11.1 Å². The second kappa shape index (κ2) is 7.95. The van der Waals surface area contributed by atoms with Gasteiger partial charge in [0, 0.05) is 6.54 Å². The van der Waals surface area contributed by atoms with E-state index < -0.39 is 11.8 Å². The summed E-state index contributed by atoms with van der Waals surface area (Å²) in [6.45, 7) is 3.34. The minimum absolute atomic E-state index is 0.199. The van der Waals surface area contributed by atoms with E-state index in [1.54, 1.807) is 24.3 Å². The zero-order valence-electron chi connectivity index (χ0n) is 16.1. The molecular formula is C22H22N2O5. The Balaban J connectivity index is 1.28. The van der Waals surface area contributed by atoms with Crippen LogP contribution in [0.3, 0.4) is 0 Å². The van der Waals surface area contributed by atoms with Crippen molar-refractivity contribution >= 4 is 17.7 Å². The molecule has 0 bridgehead atoms. The van der Waals surface area contributed by atoms with E-state index in [1.165, 1.54) is 0 Å². The van der Waals surface area contributed by atoms with Crippen LogP contribution in [-0.4, -0.2) is 48.9 Å². The average Bonchev–Trinajstić information content (AvgIpc) is 2.98. The van der Waals surface area contributed by atoms with E-state index in [0.29, 0.717) is 37.3 Å². The summed E-state index contributed by atoms with van der Waals surface area (Å²) in [5.41, 5.74) is 1.79. The topological polar surface area (TPSA) is 84.9 Å². The van der Waals surface area contributed by atoms with Gasteiger partial charge in [-0.1, -0.05) is 25.1 Å². The van der Waals surface area contributed by atoms with Gasteiger partial charge in [-0.25, -0.2) is 0 Å². The van der Waals surface area contributed by atoms with E-state index in [0.717, 1.165) is 22.0 Å². The Morgan fingerprint density at radius 2 is 1.69 bits per heavy atom. The molecule has 0 saturated heterocycles. The van der Waals surface area contributed by atoms with E-state index in [9.17, 15) is 14.4 Å². The summed E-state index contributed by atoms with van der Waals surface area (Å²) in [5.74, 6) is 0.492. The lowest BCUT2D eigenvalue weighted by molar-refractivity contribution is -0.121. The van der Waals surface area contributed by atoms with Crippen molar-refractivity contribution in [1.29, 1.82) is 0 Å². The Labute approximate surface area is 168 Å². The lowest BCUT2D eigenvalue weighted by atomic mass is 9.97. The fourth-order valence-electron chi connectivity index (χ4n) is 3.54. The molecule has 1 N–H and O–H groups in total. The van der Waals surface area contributed by atoms with Crippen LogP contribution >= 0.6 is 0 Å². The number of ether oxygens (including phenoxy) is 2. The number of fused-ring (bicyclic) bond motifs is 2. The Bertz CT molecular complexity index is 936. The predicted molar refractivity (Wildman–Crippen MR) is 105 cm³/mol. The minimum Gasteiger partial charge on any atom is -0.486 e. The first kappa shape index (κ1) is 19.0. The monoisotopic (exact) mass is 394 g/mol. The van der Waals surface area contributed by atoms with Crippen LogP contribution in [0.25, 0.3) is 0 Å². The third-order valence-electron chi connectivity index (χ3n) is 5.21. The Morgan fingerprint density at radius 1 is 1.03 bits per heavy atom. The van der Waals surface area contributed by atoms with Gasteiger partial charge in [-0.05, 0) is 42.2 Å². The number of nitrogens with one attached hydrogen (secondary N) is 1. The molecule has 29 heavy (non-hydrogen) atoms. The van der Waals surface area contributed by atoms with Crippen LogP contribution in [0.5, 0.6) is 11.5 Å². The summed E-state index contributed by atoms with van der Waals surface area (Å²) >= 11 is 0. The van der Waals surface area contributed by atoms with Crippen LogP contribution in [0, 0.1) is 0 Å². The van der Waals surface area contributed by atoms with Gasteiger partial charge in [0.15, 0.2) is 11.5 Å². The molecule has 0 saturated carbocycles. The van der Waals surface area contributed by atoms with Gasteiger partial charge in [-0.15, -0.1) is 0 Å². The number of amides is 3. The summed E-state index contributed by atoms with van der Waals surface area (Å²) < 4.78 is 11.1. The van der Waals surface area contributed by atoms with E-state index in [-0.39, 0.29) is 18.4 Å². The number of hydrogen-bond donors (Lipinski definition) is 1. The summed E-state index contributed by atoms with van der Waals surface area (Å²) in [7, 11) is 0. The van der Waals surface area contributed by atoms with Gasteiger partial charge in [-0.3, -0.25) is 19.3 Å². The lowest BCUT2D eigenvalue weighted by Crippen LogP contribution is -2.40. The number of hydrogen-bond acceptors (Lipinski definition) is 5. The first-order valence-electron chi connectivity index (χ1n) is 9.66. The number of carbonyl (C=O) groups is 3. The van der Waals surface area contributed by atoms with Gasteiger partial charge >= 0.3 is 0 Å². The highest BCUT2D eigenvalue weighted by atomic mass is 16.6. The fourth-order valence-corrected chi connectivity index (χ4v) is 3.54. The van der Waals surface area contributed by atoms with Gasteiger partial charge < -0.3 is 14.8 Å². The summed E-state index contributed by atoms with van der Waals surface area (Å²) in [6, 6.07) is 12.5. The predicted octanol–water partition coefficient (Wildman–Crippen LogP) is 2.36. The number of nitrogens with zero attached hydrogens (tertiary/aromatic N) is 1. The summed E-state index contributed by atoms with van der Waals surface area (Å²) in [6.07, 6.45) is 0.716. The molecule has 0 aliphatic carbocycles. The molecule has 2 aromatic rings. The van der Waals surface area contributed by atoms with Crippen molar-refractivity contribution in [3.63, 3.8) is 0 Å². The van der Waals surface area contributed by atoms with Gasteiger partial charge in [-0.2, -0.15) is 0 Å². The van der Waals surface area contributed by atoms with Gasteiger partial charge in [0.2, 0.25) is 5.91 Å². The van der Waals surface area contributed by atoms with Gasteiger partial charge in [0.1, 0.15) is 19.8 Å². The second-order valence-corrected chi connectivity index (χ2v) is 7.18. The summed E-state index contributed by atoms with van der Waals surface area (Å²) in [4.78, 5) is 37.9. The van der Waals surface area contributed by atoms with E-state index in [4.69, 9.17) is 9.47 Å². The smallest absolute Gasteiger partial charge is 0.262 e. The van der Waals surface area contributed by atoms with Crippen molar-refractivity contribution in [2.24, 2.45) is 0 Å². The molecule has 0 fully saturated rings. The Hall–Kier alpha value is -3.35. The van der Waals surface area contributed by atoms with E-state index >= 15 is 0 Å². The molecule has 2 aliphatic heterocycles. The van der Waals surface area contributed by atoms with Crippen molar-refractivity contribution in [3.8, 4) is 11.5 Å². The molecule has 4 rings (SSSR count). The minimum atomic E-state index is -0.426. The molecular weight excluding hydrogens is 372 g/mol. The zero-order valence-corrected chi connectivity index (χ0v) is 16.1. The van der Waals surface area contributed by atoms with E-state index in [2.05, 4.69) is 12.2 Å². The maximum atomic E-state index is 12.3. The lowest BCUT2D eigenvalue weighted by Gasteiger charge is -2.20. The SMILES string of the molecule is CC(CCNC(=O)CN1C(=O)c2ccccc2C1=O)c1ccc2c(c1)OCCO2. The van der Waals surface area contributed by atoms with Crippen LogP contribution in [0.4, 0.5) is 0 Å². The molecule has 2 aliphatic rings. The quantitative estimate of drug-likeness (QED) is 0.761. The molecule has 0 aromatic heterocycles. The third-order valence-corrected chi connectivity index (χ3v) is 5.21. The molecule has 1 atom stereocenters. The average molecular weight is 394 g/mol. The van der Waals surface area contributed by atoms with Crippen LogP contribution in [0.2, 0.25) is 0 Å². The van der Waals surface area contributed by atoms with Crippen molar-refractivity contribution in [3.05, 3.63) is 59.2 Å². The normalized spacial score (nSPS) is 15.8. The highest BCUT2D eigenvalue weighted by molar-refractivity contribution is 6.22. The van der Waals surface area contributed by atoms with Crippen LogP contribution in [-0.2, 0) is 4.79 Å². The Morgan fingerprint density at radius 3 is 2.38 bits per heavy atom. The number of benzene rings is 2. The maximum Gasteiger partial charge on any atom is 0.262 e. The molecule has 150 valence electrons. The Kier molecular flexibility index (Phi) is 5.20. The van der Waals surface area contributed by atoms with Crippen molar-refractivity contribution in [2.75, 3.05) is 26.3 Å². The van der Waals surface area contributed by atoms with E-state index in [1.807, 2.05) is 18.2 Å². The molecule has 0 radical (unpaired) electrons. The first-order valence-corrected chi connectivity index (χ1v) is 9.66. The molecule has 7 heteroatoms. The molecule has 7 nitrogen and oxygen atoms in total. The standard InChI is InChI=1S/C22H22N2O5/c1-14(15-6-7-18-19(12-15)29-11-10-28-18)8-9-23-20(25)13-24-21(26)16-4-2-3-5-17(16)22(24)27/h2-7,12,14H,8-11,13H2,1H3,(H,23,25).